The van der Waals surface area contributed by atoms with Gasteiger partial charge in [-0.1, -0.05) is 29.5 Å². The Morgan fingerprint density at radius 3 is 2.79 bits per heavy atom. The molecule has 0 saturated heterocycles. The molecule has 0 bridgehead atoms. The molecule has 2 aromatic carbocycles. The number of para-hydroxylation sites is 1. The van der Waals surface area contributed by atoms with Crippen LogP contribution in [0.5, 0.6) is 10.9 Å². The normalized spacial score (nSPS) is 10.5. The lowest BCUT2D eigenvalue weighted by atomic mass is 10.2. The maximum absolute atomic E-state index is 10.9. The van der Waals surface area contributed by atoms with Crippen LogP contribution < -0.4 is 4.74 Å². The van der Waals surface area contributed by atoms with Gasteiger partial charge in [-0.15, -0.1) is 0 Å². The molecular formula is C14H9NO3S. The standard InChI is InChI=1S/C14H9NO3S/c16-13(17)9-4-3-5-10(8-9)18-14-15-11-6-1-2-7-12(11)19-14/h1-8H,(H,16,17). The minimum atomic E-state index is -0.977. The number of rotatable bonds is 3. The number of carboxylic acids is 1. The molecule has 3 rings (SSSR count). The lowest BCUT2D eigenvalue weighted by Gasteiger charge is -2.01. The lowest BCUT2D eigenvalue weighted by molar-refractivity contribution is 0.0696. The molecule has 0 aliphatic heterocycles. The molecule has 1 N–H and O–H groups in total. The zero-order valence-corrected chi connectivity index (χ0v) is 10.6. The molecule has 94 valence electrons. The fourth-order valence-corrected chi connectivity index (χ4v) is 2.52. The number of ether oxygens (including phenoxy) is 1. The molecule has 19 heavy (non-hydrogen) atoms. The second kappa shape index (κ2) is 4.70. The van der Waals surface area contributed by atoms with E-state index in [1.165, 1.54) is 23.5 Å². The molecule has 0 spiro atoms. The van der Waals surface area contributed by atoms with Gasteiger partial charge in [0.25, 0.3) is 5.19 Å². The van der Waals surface area contributed by atoms with Crippen molar-refractivity contribution in [2.45, 2.75) is 0 Å². The summed E-state index contributed by atoms with van der Waals surface area (Å²) in [5.74, 6) is -0.506. The number of nitrogens with zero attached hydrogens (tertiary/aromatic N) is 1. The Morgan fingerprint density at radius 1 is 1.16 bits per heavy atom. The molecule has 0 radical (unpaired) electrons. The minimum absolute atomic E-state index is 0.193. The molecule has 0 amide bonds. The predicted molar refractivity (Wildman–Crippen MR) is 73.1 cm³/mol. The minimum Gasteiger partial charge on any atom is -0.478 e. The third-order valence-corrected chi connectivity index (χ3v) is 3.47. The fraction of sp³-hybridized carbons (Fsp3) is 0. The molecule has 1 aromatic heterocycles. The first kappa shape index (κ1) is 11.7. The molecule has 3 aromatic rings. The maximum atomic E-state index is 10.9. The van der Waals surface area contributed by atoms with Crippen LogP contribution in [0.2, 0.25) is 0 Å². The number of hydrogen-bond donors (Lipinski definition) is 1. The Morgan fingerprint density at radius 2 is 2.00 bits per heavy atom. The second-order valence-electron chi connectivity index (χ2n) is 3.88. The Bertz CT molecular complexity index is 718. The van der Waals surface area contributed by atoms with Gasteiger partial charge in [0, 0.05) is 0 Å². The summed E-state index contributed by atoms with van der Waals surface area (Å²) in [5.41, 5.74) is 1.07. The molecular weight excluding hydrogens is 262 g/mol. The van der Waals surface area contributed by atoms with Gasteiger partial charge in [0.2, 0.25) is 0 Å². The van der Waals surface area contributed by atoms with Gasteiger partial charge >= 0.3 is 5.97 Å². The van der Waals surface area contributed by atoms with Crippen LogP contribution in [0, 0.1) is 0 Å². The average molecular weight is 271 g/mol. The summed E-state index contributed by atoms with van der Waals surface area (Å²) in [7, 11) is 0. The number of carbonyl (C=O) groups is 1. The first-order valence-corrected chi connectivity index (χ1v) is 6.41. The SMILES string of the molecule is O=C(O)c1cccc(Oc2nc3ccccc3s2)c1. The van der Waals surface area contributed by atoms with E-state index in [0.29, 0.717) is 10.9 Å². The van der Waals surface area contributed by atoms with E-state index < -0.39 is 5.97 Å². The van der Waals surface area contributed by atoms with E-state index in [-0.39, 0.29) is 5.56 Å². The van der Waals surface area contributed by atoms with Gasteiger partial charge < -0.3 is 9.84 Å². The van der Waals surface area contributed by atoms with E-state index in [0.717, 1.165) is 10.2 Å². The molecule has 0 unspecified atom stereocenters. The van der Waals surface area contributed by atoms with Crippen molar-refractivity contribution in [1.82, 2.24) is 4.98 Å². The molecule has 0 saturated carbocycles. The quantitative estimate of drug-likeness (QED) is 0.787. The van der Waals surface area contributed by atoms with Gasteiger partial charge in [0.15, 0.2) is 0 Å². The van der Waals surface area contributed by atoms with Crippen LogP contribution in [-0.4, -0.2) is 16.1 Å². The highest BCUT2D eigenvalue weighted by atomic mass is 32.1. The Balaban J connectivity index is 1.92. The first-order valence-electron chi connectivity index (χ1n) is 5.59. The highest BCUT2D eigenvalue weighted by Gasteiger charge is 2.08. The predicted octanol–water partition coefficient (Wildman–Crippen LogP) is 3.79. The van der Waals surface area contributed by atoms with Crippen molar-refractivity contribution in [3.8, 4) is 10.9 Å². The van der Waals surface area contributed by atoms with Crippen LogP contribution in [0.1, 0.15) is 10.4 Å². The number of thiazole rings is 1. The summed E-state index contributed by atoms with van der Waals surface area (Å²) >= 11 is 1.43. The summed E-state index contributed by atoms with van der Waals surface area (Å²) in [6.07, 6.45) is 0. The van der Waals surface area contributed by atoms with E-state index in [9.17, 15) is 4.79 Å². The monoisotopic (exact) mass is 271 g/mol. The fourth-order valence-electron chi connectivity index (χ4n) is 1.69. The molecule has 0 aliphatic carbocycles. The van der Waals surface area contributed by atoms with Crippen molar-refractivity contribution in [2.75, 3.05) is 0 Å². The van der Waals surface area contributed by atoms with Crippen molar-refractivity contribution >= 4 is 27.5 Å². The number of fused-ring (bicyclic) bond motifs is 1. The number of aromatic carboxylic acids is 1. The van der Waals surface area contributed by atoms with Gasteiger partial charge in [-0.25, -0.2) is 9.78 Å². The average Bonchev–Trinajstić information content (AvgIpc) is 2.81. The van der Waals surface area contributed by atoms with Crippen LogP contribution in [0.25, 0.3) is 10.2 Å². The van der Waals surface area contributed by atoms with E-state index >= 15 is 0 Å². The maximum Gasteiger partial charge on any atom is 0.335 e. The zero-order chi connectivity index (χ0) is 13.2. The van der Waals surface area contributed by atoms with Gasteiger partial charge in [-0.2, -0.15) is 0 Å². The molecule has 0 atom stereocenters. The lowest BCUT2D eigenvalue weighted by Crippen LogP contribution is -1.95. The number of carboxylic acid groups (broad SMARTS) is 1. The van der Waals surface area contributed by atoms with Crippen molar-refractivity contribution in [1.29, 1.82) is 0 Å². The summed E-state index contributed by atoms with van der Waals surface area (Å²) in [6.45, 7) is 0. The summed E-state index contributed by atoms with van der Waals surface area (Å²) < 4.78 is 6.63. The number of benzene rings is 2. The smallest absolute Gasteiger partial charge is 0.335 e. The van der Waals surface area contributed by atoms with Gasteiger partial charge in [0.05, 0.1) is 15.8 Å². The summed E-state index contributed by atoms with van der Waals surface area (Å²) in [4.78, 5) is 15.2. The Hall–Kier alpha value is -2.40. The van der Waals surface area contributed by atoms with E-state index in [1.807, 2.05) is 24.3 Å². The third-order valence-electron chi connectivity index (χ3n) is 2.56. The van der Waals surface area contributed by atoms with Gasteiger partial charge in [-0.05, 0) is 30.3 Å². The summed E-state index contributed by atoms with van der Waals surface area (Å²) in [6, 6.07) is 14.1. The molecule has 1 heterocycles. The van der Waals surface area contributed by atoms with E-state index in [4.69, 9.17) is 9.84 Å². The van der Waals surface area contributed by atoms with Crippen LogP contribution in [0.15, 0.2) is 48.5 Å². The Kier molecular flexibility index (Phi) is 2.89. The highest BCUT2D eigenvalue weighted by molar-refractivity contribution is 7.20. The number of aromatic nitrogens is 1. The van der Waals surface area contributed by atoms with Crippen molar-refractivity contribution in [3.63, 3.8) is 0 Å². The molecule has 4 nitrogen and oxygen atoms in total. The van der Waals surface area contributed by atoms with Crippen molar-refractivity contribution < 1.29 is 14.6 Å². The van der Waals surface area contributed by atoms with Crippen LogP contribution in [0.3, 0.4) is 0 Å². The van der Waals surface area contributed by atoms with E-state index in [2.05, 4.69) is 4.98 Å². The molecule has 0 fully saturated rings. The largest absolute Gasteiger partial charge is 0.478 e. The van der Waals surface area contributed by atoms with Crippen LogP contribution in [0.4, 0.5) is 0 Å². The summed E-state index contributed by atoms with van der Waals surface area (Å²) in [5, 5.41) is 9.42. The van der Waals surface area contributed by atoms with E-state index in [1.54, 1.807) is 12.1 Å². The Labute approximate surface area is 112 Å². The zero-order valence-electron chi connectivity index (χ0n) is 9.74. The van der Waals surface area contributed by atoms with Crippen molar-refractivity contribution in [2.24, 2.45) is 0 Å². The number of hydrogen-bond acceptors (Lipinski definition) is 4. The topological polar surface area (TPSA) is 59.4 Å². The van der Waals surface area contributed by atoms with Crippen molar-refractivity contribution in [3.05, 3.63) is 54.1 Å². The highest BCUT2D eigenvalue weighted by Crippen LogP contribution is 2.31. The third kappa shape index (κ3) is 2.41. The van der Waals surface area contributed by atoms with Crippen LogP contribution in [-0.2, 0) is 0 Å². The molecule has 0 aliphatic rings. The first-order chi connectivity index (χ1) is 9.22. The van der Waals surface area contributed by atoms with Gasteiger partial charge in [0.1, 0.15) is 5.75 Å². The second-order valence-corrected chi connectivity index (χ2v) is 4.88. The van der Waals surface area contributed by atoms with Crippen LogP contribution >= 0.6 is 11.3 Å². The van der Waals surface area contributed by atoms with Gasteiger partial charge in [-0.3, -0.25) is 0 Å². The molecule has 5 heteroatoms.